The largest absolute Gasteiger partial charge is 0.351 e. The van der Waals surface area contributed by atoms with Crippen LogP contribution in [0.25, 0.3) is 0 Å². The molecule has 166 valence electrons. The number of urea groups is 1. The van der Waals surface area contributed by atoms with Gasteiger partial charge in [0.1, 0.15) is 16.8 Å². The second-order valence-electron chi connectivity index (χ2n) is 8.40. The molecular formula is C23H29FN4O2S. The third kappa shape index (κ3) is 4.81. The summed E-state index contributed by atoms with van der Waals surface area (Å²) in [7, 11) is -1.74. The van der Waals surface area contributed by atoms with Gasteiger partial charge < -0.3 is 16.4 Å². The lowest BCUT2D eigenvalue weighted by Gasteiger charge is -2.14. The van der Waals surface area contributed by atoms with Crippen molar-refractivity contribution in [1.29, 1.82) is 0 Å². The number of nitrogens with two attached hydrogens (primary N) is 2. The van der Waals surface area contributed by atoms with Gasteiger partial charge in [-0.1, -0.05) is 12.1 Å². The number of carbonyl (C=O) groups is 1. The van der Waals surface area contributed by atoms with Gasteiger partial charge in [0.25, 0.3) is 0 Å². The molecule has 6 N–H and O–H groups in total. The molecule has 8 heteroatoms. The van der Waals surface area contributed by atoms with Gasteiger partial charge in [-0.25, -0.2) is 18.5 Å². The molecule has 2 atom stereocenters. The van der Waals surface area contributed by atoms with Crippen LogP contribution in [-0.2, 0) is 36.7 Å². The molecule has 1 fully saturated rings. The van der Waals surface area contributed by atoms with Gasteiger partial charge in [0.15, 0.2) is 0 Å². The molecule has 0 aromatic heterocycles. The predicted molar refractivity (Wildman–Crippen MR) is 121 cm³/mol. The highest BCUT2D eigenvalue weighted by Gasteiger charge is 2.24. The molecule has 0 bridgehead atoms. The Labute approximate surface area is 184 Å². The minimum atomic E-state index is -1.74. The SMILES string of the molecule is NC(=O)Nc1c2c(cc3c1CCC3)CCC2.NS(=O)c1ccc(C2CCNC2)cc1F. The number of aryl methyl sites for hydroxylation is 2. The molecule has 2 aromatic carbocycles. The Balaban J connectivity index is 0.000000150. The first kappa shape index (κ1) is 21.9. The monoisotopic (exact) mass is 444 g/mol. The van der Waals surface area contributed by atoms with Crippen LogP contribution in [0.5, 0.6) is 0 Å². The van der Waals surface area contributed by atoms with Crippen molar-refractivity contribution in [3.8, 4) is 0 Å². The van der Waals surface area contributed by atoms with E-state index in [-0.39, 0.29) is 4.90 Å². The highest BCUT2D eigenvalue weighted by atomic mass is 32.2. The average molecular weight is 445 g/mol. The Morgan fingerprint density at radius 3 is 2.29 bits per heavy atom. The van der Waals surface area contributed by atoms with Crippen LogP contribution in [0.1, 0.15) is 53.0 Å². The van der Waals surface area contributed by atoms with Gasteiger partial charge in [0.05, 0.1) is 4.90 Å². The first-order valence-electron chi connectivity index (χ1n) is 10.8. The number of fused-ring (bicyclic) bond motifs is 2. The molecule has 0 radical (unpaired) electrons. The van der Waals surface area contributed by atoms with E-state index in [4.69, 9.17) is 10.9 Å². The third-order valence-electron chi connectivity index (χ3n) is 6.43. The van der Waals surface area contributed by atoms with Crippen LogP contribution in [0, 0.1) is 5.82 Å². The fourth-order valence-corrected chi connectivity index (χ4v) is 5.42. The fourth-order valence-electron chi connectivity index (χ4n) is 4.96. The van der Waals surface area contributed by atoms with E-state index < -0.39 is 22.8 Å². The van der Waals surface area contributed by atoms with E-state index in [0.29, 0.717) is 5.92 Å². The van der Waals surface area contributed by atoms with Crippen molar-refractivity contribution in [2.24, 2.45) is 10.9 Å². The Bertz CT molecular complexity index is 989. The molecule has 3 aliphatic rings. The lowest BCUT2D eigenvalue weighted by Crippen LogP contribution is -2.21. The summed E-state index contributed by atoms with van der Waals surface area (Å²) in [5.41, 5.74) is 12.8. The van der Waals surface area contributed by atoms with Gasteiger partial charge >= 0.3 is 6.03 Å². The minimum Gasteiger partial charge on any atom is -0.351 e. The number of anilines is 1. The van der Waals surface area contributed by atoms with Crippen molar-refractivity contribution in [2.45, 2.75) is 55.8 Å². The van der Waals surface area contributed by atoms with Gasteiger partial charge in [-0.3, -0.25) is 0 Å². The summed E-state index contributed by atoms with van der Waals surface area (Å²) in [4.78, 5) is 11.2. The van der Waals surface area contributed by atoms with Crippen molar-refractivity contribution in [3.05, 3.63) is 57.9 Å². The van der Waals surface area contributed by atoms with E-state index in [1.165, 1.54) is 47.2 Å². The summed E-state index contributed by atoms with van der Waals surface area (Å²) in [5.74, 6) is -0.111. The fraction of sp³-hybridized carbons (Fsp3) is 0.435. The highest BCUT2D eigenvalue weighted by molar-refractivity contribution is 7.82. The minimum absolute atomic E-state index is 0.0738. The molecule has 1 saturated heterocycles. The number of halogens is 1. The Morgan fingerprint density at radius 2 is 1.77 bits per heavy atom. The number of rotatable bonds is 3. The Hall–Kier alpha value is -2.29. The average Bonchev–Trinajstić information content (AvgIpc) is 3.49. The van der Waals surface area contributed by atoms with Crippen LogP contribution in [-0.4, -0.2) is 23.3 Å². The molecule has 2 unspecified atom stereocenters. The number of amides is 2. The van der Waals surface area contributed by atoms with E-state index in [0.717, 1.165) is 56.4 Å². The smallest absolute Gasteiger partial charge is 0.316 e. The van der Waals surface area contributed by atoms with Crippen LogP contribution in [0.4, 0.5) is 14.9 Å². The van der Waals surface area contributed by atoms with Crippen molar-refractivity contribution < 1.29 is 13.4 Å². The van der Waals surface area contributed by atoms with Crippen LogP contribution >= 0.6 is 0 Å². The van der Waals surface area contributed by atoms with Crippen LogP contribution in [0.3, 0.4) is 0 Å². The normalized spacial score (nSPS) is 19.9. The lowest BCUT2D eigenvalue weighted by molar-refractivity contribution is 0.259. The highest BCUT2D eigenvalue weighted by Crippen LogP contribution is 2.38. The quantitative estimate of drug-likeness (QED) is 0.584. The molecule has 2 aliphatic carbocycles. The molecular weight excluding hydrogens is 415 g/mol. The number of hydrogen-bond acceptors (Lipinski definition) is 3. The Kier molecular flexibility index (Phi) is 6.69. The van der Waals surface area contributed by atoms with Gasteiger partial charge in [-0.05, 0) is 97.4 Å². The van der Waals surface area contributed by atoms with E-state index in [1.54, 1.807) is 6.07 Å². The number of carbonyl (C=O) groups excluding carboxylic acids is 1. The zero-order chi connectivity index (χ0) is 22.0. The molecule has 0 spiro atoms. The van der Waals surface area contributed by atoms with Gasteiger partial charge in [-0.2, -0.15) is 0 Å². The van der Waals surface area contributed by atoms with E-state index >= 15 is 0 Å². The van der Waals surface area contributed by atoms with Gasteiger partial charge in [-0.15, -0.1) is 0 Å². The summed E-state index contributed by atoms with van der Waals surface area (Å²) in [6, 6.07) is 6.67. The van der Waals surface area contributed by atoms with Crippen molar-refractivity contribution in [2.75, 3.05) is 18.4 Å². The second-order valence-corrected chi connectivity index (χ2v) is 9.43. The van der Waals surface area contributed by atoms with Gasteiger partial charge in [0, 0.05) is 12.2 Å². The zero-order valence-corrected chi connectivity index (χ0v) is 18.3. The summed E-state index contributed by atoms with van der Waals surface area (Å²) in [6.45, 7) is 1.85. The predicted octanol–water partition coefficient (Wildman–Crippen LogP) is 3.04. The second kappa shape index (κ2) is 9.46. The maximum absolute atomic E-state index is 13.5. The molecule has 2 aromatic rings. The molecule has 1 aliphatic heterocycles. The molecule has 2 amide bonds. The van der Waals surface area contributed by atoms with Crippen molar-refractivity contribution >= 4 is 22.7 Å². The molecule has 31 heavy (non-hydrogen) atoms. The Morgan fingerprint density at radius 1 is 1.10 bits per heavy atom. The van der Waals surface area contributed by atoms with E-state index in [1.807, 2.05) is 0 Å². The number of benzene rings is 2. The van der Waals surface area contributed by atoms with Crippen LogP contribution < -0.4 is 21.5 Å². The van der Waals surface area contributed by atoms with Crippen LogP contribution in [0.15, 0.2) is 29.2 Å². The molecule has 0 saturated carbocycles. The topological polar surface area (TPSA) is 110 Å². The zero-order valence-electron chi connectivity index (χ0n) is 17.5. The summed E-state index contributed by atoms with van der Waals surface area (Å²) in [5, 5.41) is 11.2. The number of nitrogens with one attached hydrogen (secondary N) is 2. The van der Waals surface area contributed by atoms with Gasteiger partial charge in [0.2, 0.25) is 0 Å². The summed E-state index contributed by atoms with van der Waals surface area (Å²) >= 11 is 0. The van der Waals surface area contributed by atoms with Crippen molar-refractivity contribution in [1.82, 2.24) is 5.32 Å². The maximum atomic E-state index is 13.5. The molecule has 6 nitrogen and oxygen atoms in total. The lowest BCUT2D eigenvalue weighted by atomic mass is 9.98. The standard InChI is InChI=1S/C13H16N2O.C10H13FN2OS/c14-13(16)15-12-10-5-1-3-8(10)7-9-4-2-6-11(9)12;11-9-5-7(8-3-4-13-6-8)1-2-10(9)15(12)14/h7H,1-6H2,(H3,14,15,16);1-2,5,8,13H,3-4,6,12H2. The number of hydrogen-bond donors (Lipinski definition) is 4. The third-order valence-corrected chi connectivity index (χ3v) is 7.19. The summed E-state index contributed by atoms with van der Waals surface area (Å²) < 4.78 is 24.4. The van der Waals surface area contributed by atoms with E-state index in [2.05, 4.69) is 16.7 Å². The molecule has 1 heterocycles. The first-order valence-corrected chi connectivity index (χ1v) is 12.0. The summed E-state index contributed by atoms with van der Waals surface area (Å²) in [6.07, 6.45) is 7.88. The van der Waals surface area contributed by atoms with Crippen molar-refractivity contribution in [3.63, 3.8) is 0 Å². The first-order chi connectivity index (χ1) is 14.9. The molecule has 5 rings (SSSR count). The number of primary amides is 1. The maximum Gasteiger partial charge on any atom is 0.316 e. The van der Waals surface area contributed by atoms with Crippen LogP contribution in [0.2, 0.25) is 0 Å². The van der Waals surface area contributed by atoms with E-state index in [9.17, 15) is 13.4 Å².